The number of rotatable bonds is 7. The van der Waals surface area contributed by atoms with Gasteiger partial charge < -0.3 is 4.74 Å². The van der Waals surface area contributed by atoms with E-state index in [4.69, 9.17) is 4.74 Å². The molecular formula is C16H14N4O3S. The number of hydrogen-bond donors (Lipinski definition) is 1. The Bertz CT molecular complexity index is 841. The lowest BCUT2D eigenvalue weighted by Gasteiger charge is -2.05. The Balaban J connectivity index is 1.70. The fraction of sp³-hybridized carbons (Fsp3) is 0.188. The van der Waals surface area contributed by atoms with Gasteiger partial charge in [0.05, 0.1) is 7.11 Å². The number of aromatic nitrogens is 4. The van der Waals surface area contributed by atoms with Crippen LogP contribution in [-0.2, 0) is 17.6 Å². The molecule has 2 heterocycles. The first kappa shape index (κ1) is 16.0. The van der Waals surface area contributed by atoms with Gasteiger partial charge in [-0.25, -0.2) is 0 Å². The van der Waals surface area contributed by atoms with Gasteiger partial charge in [-0.3, -0.25) is 9.59 Å². The summed E-state index contributed by atoms with van der Waals surface area (Å²) in [6.07, 6.45) is 0.725. The number of H-pyrrole nitrogens is 1. The average Bonchev–Trinajstić information content (AvgIpc) is 3.27. The monoisotopic (exact) mass is 342 g/mol. The van der Waals surface area contributed by atoms with E-state index >= 15 is 0 Å². The Morgan fingerprint density at radius 1 is 1.21 bits per heavy atom. The number of carbonyl (C=O) groups is 2. The van der Waals surface area contributed by atoms with E-state index in [1.807, 2.05) is 35.7 Å². The van der Waals surface area contributed by atoms with Crippen molar-refractivity contribution >= 4 is 22.9 Å². The molecule has 0 saturated heterocycles. The summed E-state index contributed by atoms with van der Waals surface area (Å²) in [4.78, 5) is 24.9. The van der Waals surface area contributed by atoms with Gasteiger partial charge in [0, 0.05) is 11.3 Å². The molecular weight excluding hydrogens is 328 g/mol. The van der Waals surface area contributed by atoms with Crippen molar-refractivity contribution in [2.75, 3.05) is 7.11 Å². The lowest BCUT2D eigenvalue weighted by atomic mass is 10.0. The molecule has 0 amide bonds. The van der Waals surface area contributed by atoms with Crippen molar-refractivity contribution in [2.45, 2.75) is 12.8 Å². The molecule has 8 heteroatoms. The van der Waals surface area contributed by atoms with Crippen molar-refractivity contribution in [3.63, 3.8) is 0 Å². The second kappa shape index (κ2) is 7.14. The largest absolute Gasteiger partial charge is 0.497 e. The summed E-state index contributed by atoms with van der Waals surface area (Å²) in [5.41, 5.74) is 2.13. The summed E-state index contributed by atoms with van der Waals surface area (Å²) in [5, 5.41) is 14.5. The minimum absolute atomic E-state index is 0.0382. The number of methoxy groups -OCH3 is 1. The average molecular weight is 342 g/mol. The predicted octanol–water partition coefficient (Wildman–Crippen LogP) is 1.86. The van der Waals surface area contributed by atoms with Crippen LogP contribution < -0.4 is 4.74 Å². The highest BCUT2D eigenvalue weighted by molar-refractivity contribution is 7.10. The molecule has 0 saturated carbocycles. The third-order valence-electron chi connectivity index (χ3n) is 3.51. The highest BCUT2D eigenvalue weighted by atomic mass is 32.1. The zero-order valence-electron chi connectivity index (χ0n) is 12.9. The Morgan fingerprint density at radius 2 is 2.00 bits per heavy atom. The first-order valence-corrected chi connectivity index (χ1v) is 8.04. The lowest BCUT2D eigenvalue weighted by molar-refractivity contribution is -0.114. The van der Waals surface area contributed by atoms with E-state index in [1.54, 1.807) is 7.11 Å². The molecule has 0 aliphatic heterocycles. The first-order valence-electron chi connectivity index (χ1n) is 7.16. The number of thiophene rings is 1. The van der Waals surface area contributed by atoms with Crippen LogP contribution in [0.5, 0.6) is 5.75 Å². The third kappa shape index (κ3) is 3.54. The molecule has 3 rings (SSSR count). The van der Waals surface area contributed by atoms with Crippen molar-refractivity contribution in [1.29, 1.82) is 0 Å². The van der Waals surface area contributed by atoms with Crippen molar-refractivity contribution in [3.8, 4) is 5.75 Å². The zero-order chi connectivity index (χ0) is 16.9. The number of Topliss-reactive ketones (excluding diaryl/α,β-unsaturated/α-hetero) is 2. The maximum atomic E-state index is 12.1. The maximum absolute atomic E-state index is 12.1. The minimum Gasteiger partial charge on any atom is -0.497 e. The molecule has 0 aliphatic rings. The van der Waals surface area contributed by atoms with Gasteiger partial charge in [-0.1, -0.05) is 12.1 Å². The van der Waals surface area contributed by atoms with Gasteiger partial charge in [0.2, 0.25) is 11.6 Å². The van der Waals surface area contributed by atoms with Crippen molar-refractivity contribution < 1.29 is 14.3 Å². The number of hydrogen-bond acceptors (Lipinski definition) is 7. The summed E-state index contributed by atoms with van der Waals surface area (Å²) in [5.74, 6) is -0.680. The van der Waals surface area contributed by atoms with Crippen LogP contribution in [0.2, 0.25) is 0 Å². The van der Waals surface area contributed by atoms with Crippen LogP contribution in [0.3, 0.4) is 0 Å². The van der Waals surface area contributed by atoms with E-state index < -0.39 is 11.6 Å². The second-order valence-corrected chi connectivity index (χ2v) is 6.06. The lowest BCUT2D eigenvalue weighted by Crippen LogP contribution is -2.18. The maximum Gasteiger partial charge on any atom is 0.269 e. The standard InChI is InChI=1S/C16H14N4O3S/c1-23-12-4-2-10(3-5-12)8-11-6-7-24-14(11)9-13(21)15(22)16-17-19-20-18-16/h2-7H,8-9H2,1H3,(H,17,18,19,20). The molecule has 122 valence electrons. The van der Waals surface area contributed by atoms with E-state index in [9.17, 15) is 9.59 Å². The van der Waals surface area contributed by atoms with Crippen LogP contribution in [0.25, 0.3) is 0 Å². The van der Waals surface area contributed by atoms with Gasteiger partial charge in [0.1, 0.15) is 5.75 Å². The normalized spacial score (nSPS) is 10.5. The summed E-state index contributed by atoms with van der Waals surface area (Å²) in [6.45, 7) is 0. The van der Waals surface area contributed by atoms with Crippen LogP contribution in [0.4, 0.5) is 0 Å². The van der Waals surface area contributed by atoms with E-state index in [2.05, 4.69) is 20.6 Å². The van der Waals surface area contributed by atoms with Crippen LogP contribution >= 0.6 is 11.3 Å². The molecule has 2 aromatic heterocycles. The number of nitrogens with one attached hydrogen (secondary N) is 1. The highest BCUT2D eigenvalue weighted by Gasteiger charge is 2.22. The highest BCUT2D eigenvalue weighted by Crippen LogP contribution is 2.22. The number of nitrogens with zero attached hydrogens (tertiary/aromatic N) is 3. The molecule has 0 aliphatic carbocycles. The fourth-order valence-corrected chi connectivity index (χ4v) is 3.15. The topological polar surface area (TPSA) is 97.8 Å². The molecule has 0 atom stereocenters. The Hall–Kier alpha value is -2.87. The summed E-state index contributed by atoms with van der Waals surface area (Å²) in [6, 6.07) is 9.72. The molecule has 0 fully saturated rings. The number of ketones is 2. The van der Waals surface area contributed by atoms with Crippen molar-refractivity contribution in [1.82, 2.24) is 20.6 Å². The molecule has 7 nitrogen and oxygen atoms in total. The SMILES string of the molecule is COc1ccc(Cc2ccsc2CC(=O)C(=O)c2nn[nH]n2)cc1. The smallest absolute Gasteiger partial charge is 0.269 e. The van der Waals surface area contributed by atoms with Gasteiger partial charge in [0.15, 0.2) is 0 Å². The van der Waals surface area contributed by atoms with Crippen LogP contribution in [0.15, 0.2) is 35.7 Å². The van der Waals surface area contributed by atoms with Gasteiger partial charge in [0.25, 0.3) is 5.78 Å². The molecule has 24 heavy (non-hydrogen) atoms. The summed E-state index contributed by atoms with van der Waals surface area (Å²) < 4.78 is 5.14. The predicted molar refractivity (Wildman–Crippen MR) is 87.3 cm³/mol. The number of benzene rings is 1. The third-order valence-corrected chi connectivity index (χ3v) is 4.48. The molecule has 0 bridgehead atoms. The van der Waals surface area contributed by atoms with Crippen LogP contribution in [-0.4, -0.2) is 39.3 Å². The number of tetrazole rings is 1. The molecule has 0 unspecified atom stereocenters. The second-order valence-electron chi connectivity index (χ2n) is 5.06. The first-order chi connectivity index (χ1) is 11.7. The Labute approximate surface area is 141 Å². The van der Waals surface area contributed by atoms with Crippen molar-refractivity contribution in [3.05, 3.63) is 57.5 Å². The zero-order valence-corrected chi connectivity index (χ0v) is 13.7. The van der Waals surface area contributed by atoms with E-state index in [1.165, 1.54) is 11.3 Å². The number of aromatic amines is 1. The molecule has 1 N–H and O–H groups in total. The molecule has 1 aromatic carbocycles. The molecule has 3 aromatic rings. The minimum atomic E-state index is -0.729. The molecule has 0 radical (unpaired) electrons. The van der Waals surface area contributed by atoms with E-state index in [0.29, 0.717) is 6.42 Å². The van der Waals surface area contributed by atoms with Crippen LogP contribution in [0.1, 0.15) is 26.6 Å². The quantitative estimate of drug-likeness (QED) is 0.520. The Kier molecular flexibility index (Phi) is 4.76. The number of carbonyl (C=O) groups excluding carboxylic acids is 2. The van der Waals surface area contributed by atoms with Crippen molar-refractivity contribution in [2.24, 2.45) is 0 Å². The van der Waals surface area contributed by atoms with Gasteiger partial charge in [-0.05, 0) is 46.3 Å². The summed E-state index contributed by atoms with van der Waals surface area (Å²) in [7, 11) is 1.62. The molecule has 0 spiro atoms. The number of ether oxygens (including phenoxy) is 1. The van der Waals surface area contributed by atoms with Gasteiger partial charge in [-0.2, -0.15) is 5.21 Å². The summed E-state index contributed by atoms with van der Waals surface area (Å²) >= 11 is 1.46. The fourth-order valence-electron chi connectivity index (χ4n) is 2.25. The van der Waals surface area contributed by atoms with Crippen LogP contribution in [0, 0.1) is 0 Å². The van der Waals surface area contributed by atoms with E-state index in [-0.39, 0.29) is 12.2 Å². The van der Waals surface area contributed by atoms with Gasteiger partial charge in [-0.15, -0.1) is 21.5 Å². The van der Waals surface area contributed by atoms with Gasteiger partial charge >= 0.3 is 0 Å². The van der Waals surface area contributed by atoms with E-state index in [0.717, 1.165) is 21.8 Å². The Morgan fingerprint density at radius 3 is 2.67 bits per heavy atom.